The van der Waals surface area contributed by atoms with Gasteiger partial charge >= 0.3 is 5.97 Å². The molecular formula is C15H22N2O3S. The van der Waals surface area contributed by atoms with Gasteiger partial charge in [0.2, 0.25) is 0 Å². The Morgan fingerprint density at radius 1 is 1.62 bits per heavy atom. The van der Waals surface area contributed by atoms with Crippen molar-refractivity contribution in [2.45, 2.75) is 44.8 Å². The van der Waals surface area contributed by atoms with E-state index in [1.165, 1.54) is 19.4 Å². The van der Waals surface area contributed by atoms with Gasteiger partial charge in [0.15, 0.2) is 0 Å². The van der Waals surface area contributed by atoms with Crippen molar-refractivity contribution in [1.82, 2.24) is 9.88 Å². The van der Waals surface area contributed by atoms with E-state index in [0.29, 0.717) is 25.5 Å². The molecule has 116 valence electrons. The van der Waals surface area contributed by atoms with Crippen molar-refractivity contribution in [1.29, 1.82) is 0 Å². The van der Waals surface area contributed by atoms with Crippen LogP contribution in [0.2, 0.25) is 0 Å². The second-order valence-electron chi connectivity index (χ2n) is 5.60. The first-order chi connectivity index (χ1) is 10.3. The summed E-state index contributed by atoms with van der Waals surface area (Å²) >= 11 is 1.64. The van der Waals surface area contributed by atoms with Crippen molar-refractivity contribution in [2.24, 2.45) is 0 Å². The molecule has 1 aromatic rings. The second kappa shape index (κ2) is 6.85. The van der Waals surface area contributed by atoms with Crippen molar-refractivity contribution in [3.8, 4) is 0 Å². The van der Waals surface area contributed by atoms with Crippen molar-refractivity contribution in [3.05, 3.63) is 16.1 Å². The van der Waals surface area contributed by atoms with Crippen LogP contribution in [0, 0.1) is 0 Å². The zero-order valence-corrected chi connectivity index (χ0v) is 13.2. The second-order valence-corrected chi connectivity index (χ2v) is 6.48. The van der Waals surface area contributed by atoms with E-state index >= 15 is 0 Å². The zero-order chi connectivity index (χ0) is 14.7. The molecule has 6 heteroatoms. The summed E-state index contributed by atoms with van der Waals surface area (Å²) < 4.78 is 10.9. The Morgan fingerprint density at radius 3 is 3.38 bits per heavy atom. The van der Waals surface area contributed by atoms with E-state index in [0.717, 1.165) is 23.9 Å². The third-order valence-corrected chi connectivity index (χ3v) is 5.11. The number of hydrogen-bond acceptors (Lipinski definition) is 6. The van der Waals surface area contributed by atoms with Crippen molar-refractivity contribution in [3.63, 3.8) is 0 Å². The van der Waals surface area contributed by atoms with Gasteiger partial charge in [-0.05, 0) is 26.3 Å². The molecule has 2 aliphatic heterocycles. The molecule has 2 unspecified atom stereocenters. The quantitative estimate of drug-likeness (QED) is 0.780. The number of esters is 1. The lowest BCUT2D eigenvalue weighted by atomic mass is 10.2. The molecule has 0 spiro atoms. The van der Waals surface area contributed by atoms with Crippen LogP contribution in [0.25, 0.3) is 0 Å². The first-order valence-electron chi connectivity index (χ1n) is 7.72. The van der Waals surface area contributed by atoms with Gasteiger partial charge in [-0.15, -0.1) is 11.3 Å². The lowest BCUT2D eigenvalue weighted by Crippen LogP contribution is -2.42. The summed E-state index contributed by atoms with van der Waals surface area (Å²) in [7, 11) is 0. The van der Waals surface area contributed by atoms with Crippen molar-refractivity contribution in [2.75, 3.05) is 26.3 Å². The number of nitrogens with zero attached hydrogens (tertiary/aromatic N) is 2. The first kappa shape index (κ1) is 14.9. The highest BCUT2D eigenvalue weighted by atomic mass is 32.1. The molecule has 3 rings (SSSR count). The van der Waals surface area contributed by atoms with Gasteiger partial charge in [0, 0.05) is 24.4 Å². The third-order valence-electron chi connectivity index (χ3n) is 4.12. The number of morpholine rings is 1. The molecule has 0 aromatic carbocycles. The monoisotopic (exact) mass is 310 g/mol. The summed E-state index contributed by atoms with van der Waals surface area (Å²) in [5.74, 6) is -0.152. The molecule has 0 aliphatic carbocycles. The fraction of sp³-hybridized carbons (Fsp3) is 0.733. The number of carbonyl (C=O) groups is 1. The molecule has 5 nitrogen and oxygen atoms in total. The van der Waals surface area contributed by atoms with Crippen LogP contribution >= 0.6 is 11.3 Å². The maximum absolute atomic E-state index is 11.4. The molecule has 0 bridgehead atoms. The van der Waals surface area contributed by atoms with E-state index in [1.807, 2.05) is 12.3 Å². The number of aryl methyl sites for hydroxylation is 1. The predicted molar refractivity (Wildman–Crippen MR) is 80.4 cm³/mol. The molecule has 21 heavy (non-hydrogen) atoms. The normalized spacial score (nSPS) is 25.8. The maximum atomic E-state index is 11.4. The molecule has 0 amide bonds. The minimum Gasteiger partial charge on any atom is -0.466 e. The fourth-order valence-corrected chi connectivity index (χ4v) is 3.91. The molecular weight excluding hydrogens is 288 g/mol. The summed E-state index contributed by atoms with van der Waals surface area (Å²) in [6, 6.07) is 0.615. The van der Waals surface area contributed by atoms with Gasteiger partial charge < -0.3 is 9.47 Å². The number of fused-ring (bicyclic) bond motifs is 1. The summed E-state index contributed by atoms with van der Waals surface area (Å²) in [6.45, 7) is 5.22. The highest BCUT2D eigenvalue weighted by Gasteiger charge is 2.33. The molecule has 3 heterocycles. The highest BCUT2D eigenvalue weighted by Crippen LogP contribution is 2.31. The van der Waals surface area contributed by atoms with Crippen LogP contribution in [0.5, 0.6) is 0 Å². The minimum absolute atomic E-state index is 0.0979. The fourth-order valence-electron chi connectivity index (χ4n) is 3.02. The predicted octanol–water partition coefficient (Wildman–Crippen LogP) is 2.17. The molecule has 0 N–H and O–H groups in total. The lowest BCUT2D eigenvalue weighted by molar-refractivity contribution is -0.143. The number of aromatic nitrogens is 1. The molecule has 2 fully saturated rings. The SMILES string of the molecule is CCOC(=O)CCc1csc(C2CN3CCCC3CO2)n1. The van der Waals surface area contributed by atoms with Crippen LogP contribution < -0.4 is 0 Å². The molecule has 1 aromatic heterocycles. The number of carbonyl (C=O) groups excluding carboxylic acids is 1. The minimum atomic E-state index is -0.152. The van der Waals surface area contributed by atoms with E-state index in [4.69, 9.17) is 9.47 Å². The topological polar surface area (TPSA) is 51.7 Å². The van der Waals surface area contributed by atoms with E-state index in [-0.39, 0.29) is 12.1 Å². The summed E-state index contributed by atoms with van der Waals surface area (Å²) in [4.78, 5) is 18.5. The van der Waals surface area contributed by atoms with Crippen LogP contribution in [0.15, 0.2) is 5.38 Å². The third kappa shape index (κ3) is 3.62. The molecule has 0 saturated carbocycles. The van der Waals surface area contributed by atoms with E-state index < -0.39 is 0 Å². The number of rotatable bonds is 5. The Morgan fingerprint density at radius 2 is 2.52 bits per heavy atom. The average Bonchev–Trinajstić information content (AvgIpc) is 3.13. The van der Waals surface area contributed by atoms with Crippen molar-refractivity contribution >= 4 is 17.3 Å². The number of ether oxygens (including phenoxy) is 2. The summed E-state index contributed by atoms with van der Waals surface area (Å²) in [5.41, 5.74) is 0.968. The zero-order valence-electron chi connectivity index (χ0n) is 12.4. The van der Waals surface area contributed by atoms with E-state index in [2.05, 4.69) is 9.88 Å². The van der Waals surface area contributed by atoms with E-state index in [1.54, 1.807) is 11.3 Å². The molecule has 2 atom stereocenters. The van der Waals surface area contributed by atoms with Crippen LogP contribution in [0.4, 0.5) is 0 Å². The Balaban J connectivity index is 1.54. The van der Waals surface area contributed by atoms with E-state index in [9.17, 15) is 4.79 Å². The Hall–Kier alpha value is -0.980. The number of thiazole rings is 1. The van der Waals surface area contributed by atoms with Gasteiger partial charge in [-0.2, -0.15) is 0 Å². The lowest BCUT2D eigenvalue weighted by Gasteiger charge is -2.34. The van der Waals surface area contributed by atoms with Crippen LogP contribution in [-0.4, -0.2) is 48.2 Å². The number of hydrogen-bond donors (Lipinski definition) is 0. The Kier molecular flexibility index (Phi) is 4.87. The summed E-state index contributed by atoms with van der Waals surface area (Å²) in [6.07, 6.45) is 3.69. The highest BCUT2D eigenvalue weighted by molar-refractivity contribution is 7.09. The smallest absolute Gasteiger partial charge is 0.306 e. The van der Waals surface area contributed by atoms with Crippen LogP contribution in [0.1, 0.15) is 43.0 Å². The van der Waals surface area contributed by atoms with Gasteiger partial charge in [-0.25, -0.2) is 4.98 Å². The largest absolute Gasteiger partial charge is 0.466 e. The van der Waals surface area contributed by atoms with Crippen molar-refractivity contribution < 1.29 is 14.3 Å². The van der Waals surface area contributed by atoms with Gasteiger partial charge in [0.25, 0.3) is 0 Å². The Bertz CT molecular complexity index is 491. The van der Waals surface area contributed by atoms with Gasteiger partial charge in [0.1, 0.15) is 11.1 Å². The molecule has 2 saturated heterocycles. The average molecular weight is 310 g/mol. The van der Waals surface area contributed by atoms with Crippen LogP contribution in [-0.2, 0) is 20.7 Å². The first-order valence-corrected chi connectivity index (χ1v) is 8.59. The van der Waals surface area contributed by atoms with Gasteiger partial charge in [-0.1, -0.05) is 0 Å². The van der Waals surface area contributed by atoms with Gasteiger partial charge in [0.05, 0.1) is 25.3 Å². The molecule has 2 aliphatic rings. The molecule has 0 radical (unpaired) electrons. The Labute approximate surface area is 129 Å². The van der Waals surface area contributed by atoms with Gasteiger partial charge in [-0.3, -0.25) is 9.69 Å². The standard InChI is InChI=1S/C15H22N2O3S/c1-2-19-14(18)6-5-11-10-21-15(16-11)13-8-17-7-3-4-12(17)9-20-13/h10,12-13H,2-9H2,1H3. The van der Waals surface area contributed by atoms with Crippen LogP contribution in [0.3, 0.4) is 0 Å². The summed E-state index contributed by atoms with van der Waals surface area (Å²) in [5, 5.41) is 3.08. The maximum Gasteiger partial charge on any atom is 0.306 e.